The molecule has 1 aliphatic carbocycles. The maximum absolute atomic E-state index is 14.0. The molecule has 0 atom stereocenters. The van der Waals surface area contributed by atoms with Crippen LogP contribution in [0.4, 0.5) is 4.39 Å². The second-order valence-electron chi connectivity index (χ2n) is 7.82. The predicted octanol–water partition coefficient (Wildman–Crippen LogP) is 7.01. The Hall–Kier alpha value is -2.72. The molecule has 0 unspecified atom stereocenters. The van der Waals surface area contributed by atoms with E-state index in [4.69, 9.17) is 5.11 Å². The van der Waals surface area contributed by atoms with Gasteiger partial charge in [-0.25, -0.2) is 4.39 Å². The summed E-state index contributed by atoms with van der Waals surface area (Å²) in [5.74, 6) is -0.986. The number of carbonyl (C=O) groups is 1. The quantitative estimate of drug-likeness (QED) is 0.417. The van der Waals surface area contributed by atoms with Crippen molar-refractivity contribution in [2.45, 2.75) is 44.9 Å². The van der Waals surface area contributed by atoms with Crippen LogP contribution in [0.25, 0.3) is 22.6 Å². The Bertz CT molecular complexity index is 1040. The van der Waals surface area contributed by atoms with Gasteiger partial charge in [0.1, 0.15) is 5.82 Å². The summed E-state index contributed by atoms with van der Waals surface area (Å²) in [7, 11) is 0. The van der Waals surface area contributed by atoms with Crippen LogP contribution in [0, 0.1) is 5.82 Å². The second-order valence-corrected chi connectivity index (χ2v) is 8.96. The van der Waals surface area contributed by atoms with Gasteiger partial charge in [0.15, 0.2) is 0 Å². The number of aliphatic carboxylic acids is 1. The molecule has 1 aliphatic rings. The monoisotopic (exact) mass is 420 g/mol. The Labute approximate surface area is 180 Å². The Kier molecular flexibility index (Phi) is 6.44. The molecule has 0 radical (unpaired) electrons. The van der Waals surface area contributed by atoms with E-state index in [0.29, 0.717) is 6.42 Å². The fourth-order valence-corrected chi connectivity index (χ4v) is 5.25. The van der Waals surface area contributed by atoms with Gasteiger partial charge in [-0.2, -0.15) is 0 Å². The predicted molar refractivity (Wildman–Crippen MR) is 122 cm³/mol. The Morgan fingerprint density at radius 2 is 1.83 bits per heavy atom. The number of carboxylic acids is 1. The standard InChI is InChI=1S/C26H25FO2S/c27-22-14-15-23(25-17-21-5-1-2-6-24(21)30-25)20(16-22)13-12-19-10-8-18(9-11-19)4-3-7-26(28)29/h8-17H,1-7H2,(H,28,29)/b13-12-. The zero-order valence-electron chi connectivity index (χ0n) is 16.9. The highest BCUT2D eigenvalue weighted by molar-refractivity contribution is 7.15. The van der Waals surface area contributed by atoms with Gasteiger partial charge in [-0.1, -0.05) is 42.5 Å². The van der Waals surface area contributed by atoms with Crippen LogP contribution >= 0.6 is 11.3 Å². The fraction of sp³-hybridized carbons (Fsp3) is 0.269. The number of hydrogen-bond acceptors (Lipinski definition) is 2. The van der Waals surface area contributed by atoms with Crippen LogP contribution in [0.3, 0.4) is 0 Å². The van der Waals surface area contributed by atoms with E-state index in [9.17, 15) is 9.18 Å². The first-order valence-electron chi connectivity index (χ1n) is 10.5. The summed E-state index contributed by atoms with van der Waals surface area (Å²) in [4.78, 5) is 13.3. The van der Waals surface area contributed by atoms with Crippen molar-refractivity contribution < 1.29 is 14.3 Å². The van der Waals surface area contributed by atoms with Crippen molar-refractivity contribution in [1.82, 2.24) is 0 Å². The molecule has 1 N–H and O–H groups in total. The van der Waals surface area contributed by atoms with Crippen molar-refractivity contribution in [3.8, 4) is 10.4 Å². The minimum Gasteiger partial charge on any atom is -0.481 e. The molecule has 30 heavy (non-hydrogen) atoms. The molecule has 3 aromatic rings. The summed E-state index contributed by atoms with van der Waals surface area (Å²) in [5.41, 5.74) is 5.59. The van der Waals surface area contributed by atoms with Crippen molar-refractivity contribution in [1.29, 1.82) is 0 Å². The van der Waals surface area contributed by atoms with Crippen molar-refractivity contribution in [3.05, 3.63) is 81.5 Å². The lowest BCUT2D eigenvalue weighted by Gasteiger charge is -2.08. The number of fused-ring (bicyclic) bond motifs is 1. The molecule has 0 saturated heterocycles. The van der Waals surface area contributed by atoms with Crippen LogP contribution in [0.1, 0.15) is 52.8 Å². The maximum atomic E-state index is 14.0. The number of thiophene rings is 1. The van der Waals surface area contributed by atoms with E-state index in [0.717, 1.165) is 41.5 Å². The molecular formula is C26H25FO2S. The number of benzene rings is 2. The highest BCUT2D eigenvalue weighted by atomic mass is 32.1. The summed E-state index contributed by atoms with van der Waals surface area (Å²) in [5, 5.41) is 8.75. The lowest BCUT2D eigenvalue weighted by molar-refractivity contribution is -0.137. The number of carboxylic acid groups (broad SMARTS) is 1. The van der Waals surface area contributed by atoms with Crippen molar-refractivity contribution in [3.63, 3.8) is 0 Å². The molecule has 0 amide bonds. The van der Waals surface area contributed by atoms with Crippen LogP contribution in [0.5, 0.6) is 0 Å². The van der Waals surface area contributed by atoms with Crippen LogP contribution < -0.4 is 0 Å². The Morgan fingerprint density at radius 3 is 2.60 bits per heavy atom. The molecule has 0 bridgehead atoms. The third kappa shape index (κ3) is 5.06. The first kappa shape index (κ1) is 20.5. The third-order valence-corrected chi connectivity index (χ3v) is 6.84. The van der Waals surface area contributed by atoms with E-state index < -0.39 is 5.97 Å². The summed E-state index contributed by atoms with van der Waals surface area (Å²) < 4.78 is 14.0. The zero-order valence-corrected chi connectivity index (χ0v) is 17.7. The molecule has 154 valence electrons. The van der Waals surface area contributed by atoms with E-state index in [1.165, 1.54) is 34.2 Å². The fourth-order valence-electron chi connectivity index (χ4n) is 3.94. The van der Waals surface area contributed by atoms with E-state index in [1.54, 1.807) is 6.07 Å². The zero-order chi connectivity index (χ0) is 20.9. The van der Waals surface area contributed by atoms with E-state index in [1.807, 2.05) is 53.8 Å². The summed E-state index contributed by atoms with van der Waals surface area (Å²) in [6.07, 6.45) is 10.4. The van der Waals surface area contributed by atoms with Gasteiger partial charge in [0.05, 0.1) is 0 Å². The average molecular weight is 421 g/mol. The molecule has 1 heterocycles. The van der Waals surface area contributed by atoms with Crippen LogP contribution in [-0.2, 0) is 24.1 Å². The highest BCUT2D eigenvalue weighted by Crippen LogP contribution is 2.37. The normalized spacial score (nSPS) is 13.5. The molecule has 0 saturated carbocycles. The lowest BCUT2D eigenvalue weighted by atomic mass is 9.97. The van der Waals surface area contributed by atoms with Crippen molar-refractivity contribution >= 4 is 29.5 Å². The first-order valence-corrected chi connectivity index (χ1v) is 11.3. The Morgan fingerprint density at radius 1 is 1.03 bits per heavy atom. The molecule has 4 rings (SSSR count). The van der Waals surface area contributed by atoms with E-state index in [2.05, 4.69) is 6.07 Å². The molecule has 0 aliphatic heterocycles. The van der Waals surface area contributed by atoms with E-state index >= 15 is 0 Å². The van der Waals surface area contributed by atoms with Gasteiger partial charge in [0.25, 0.3) is 0 Å². The number of halogens is 1. The van der Waals surface area contributed by atoms with Gasteiger partial charge >= 0.3 is 5.97 Å². The van der Waals surface area contributed by atoms with Gasteiger partial charge in [-0.15, -0.1) is 11.3 Å². The highest BCUT2D eigenvalue weighted by Gasteiger charge is 2.15. The van der Waals surface area contributed by atoms with Crippen LogP contribution in [-0.4, -0.2) is 11.1 Å². The van der Waals surface area contributed by atoms with Crippen LogP contribution in [0.2, 0.25) is 0 Å². The van der Waals surface area contributed by atoms with Gasteiger partial charge in [0, 0.05) is 16.2 Å². The maximum Gasteiger partial charge on any atom is 0.303 e. The molecular weight excluding hydrogens is 395 g/mol. The number of hydrogen-bond donors (Lipinski definition) is 1. The topological polar surface area (TPSA) is 37.3 Å². The lowest BCUT2D eigenvalue weighted by Crippen LogP contribution is -1.96. The van der Waals surface area contributed by atoms with Crippen molar-refractivity contribution in [2.24, 2.45) is 0 Å². The summed E-state index contributed by atoms with van der Waals surface area (Å²) in [6.45, 7) is 0. The van der Waals surface area contributed by atoms with Gasteiger partial charge in [-0.3, -0.25) is 4.79 Å². The second kappa shape index (κ2) is 9.40. The van der Waals surface area contributed by atoms with E-state index in [-0.39, 0.29) is 12.2 Å². The van der Waals surface area contributed by atoms with Crippen LogP contribution in [0.15, 0.2) is 48.5 Å². The SMILES string of the molecule is O=C(O)CCCc1ccc(/C=C\c2cc(F)ccc2-c2cc3c(s2)CCCC3)cc1. The largest absolute Gasteiger partial charge is 0.481 e. The Balaban J connectivity index is 1.53. The average Bonchev–Trinajstić information content (AvgIpc) is 3.17. The minimum absolute atomic E-state index is 0.191. The van der Waals surface area contributed by atoms with Gasteiger partial charge in [0.2, 0.25) is 0 Å². The number of aryl methyl sites for hydroxylation is 3. The third-order valence-electron chi connectivity index (χ3n) is 5.57. The minimum atomic E-state index is -0.757. The summed E-state index contributed by atoms with van der Waals surface area (Å²) >= 11 is 1.84. The molecule has 2 aromatic carbocycles. The smallest absolute Gasteiger partial charge is 0.303 e. The van der Waals surface area contributed by atoms with Gasteiger partial charge < -0.3 is 5.11 Å². The van der Waals surface area contributed by atoms with Crippen molar-refractivity contribution in [2.75, 3.05) is 0 Å². The molecule has 0 fully saturated rings. The molecule has 1 aromatic heterocycles. The van der Waals surface area contributed by atoms with Gasteiger partial charge in [-0.05, 0) is 84.5 Å². The molecule has 0 spiro atoms. The first-order chi connectivity index (χ1) is 14.6. The molecule has 2 nitrogen and oxygen atoms in total. The number of rotatable bonds is 7. The molecule has 4 heteroatoms. The summed E-state index contributed by atoms with van der Waals surface area (Å²) in [6, 6.07) is 15.4.